The molecule has 0 aromatic heterocycles. The zero-order valence-corrected chi connectivity index (χ0v) is 11.1. The number of nitrogens with one attached hydrogen (secondary N) is 2. The molecule has 1 aromatic carbocycles. The molecule has 6 heteroatoms. The smallest absolute Gasteiger partial charge is 0.303 e. The summed E-state index contributed by atoms with van der Waals surface area (Å²) in [5.41, 5.74) is 2.00. The number of rotatable bonds is 5. The topological polar surface area (TPSA) is 95.5 Å². The number of hydrogen-bond donors (Lipinski definition) is 3. The summed E-state index contributed by atoms with van der Waals surface area (Å²) in [4.78, 5) is 33.7. The average Bonchev–Trinajstić information content (AvgIpc) is 2.75. The Morgan fingerprint density at radius 1 is 1.45 bits per heavy atom. The van der Waals surface area contributed by atoms with Crippen LogP contribution in [0.2, 0.25) is 0 Å². The van der Waals surface area contributed by atoms with Gasteiger partial charge in [-0.3, -0.25) is 14.4 Å². The van der Waals surface area contributed by atoms with E-state index in [9.17, 15) is 14.4 Å². The van der Waals surface area contributed by atoms with E-state index >= 15 is 0 Å². The van der Waals surface area contributed by atoms with Gasteiger partial charge in [-0.05, 0) is 31.0 Å². The Labute approximate surface area is 116 Å². The van der Waals surface area contributed by atoms with E-state index in [0.717, 1.165) is 5.56 Å². The van der Waals surface area contributed by atoms with Crippen molar-refractivity contribution < 1.29 is 19.5 Å². The first-order valence-corrected chi connectivity index (χ1v) is 6.41. The van der Waals surface area contributed by atoms with Gasteiger partial charge < -0.3 is 15.7 Å². The van der Waals surface area contributed by atoms with Gasteiger partial charge >= 0.3 is 5.97 Å². The van der Waals surface area contributed by atoms with Crippen LogP contribution < -0.4 is 10.6 Å². The van der Waals surface area contributed by atoms with Crippen molar-refractivity contribution in [2.75, 3.05) is 5.32 Å². The average molecular weight is 276 g/mol. The van der Waals surface area contributed by atoms with Crippen LogP contribution in [0, 0.1) is 0 Å². The third-order valence-electron chi connectivity index (χ3n) is 3.17. The third-order valence-corrected chi connectivity index (χ3v) is 3.17. The van der Waals surface area contributed by atoms with Crippen molar-refractivity contribution in [3.05, 3.63) is 29.3 Å². The third kappa shape index (κ3) is 3.34. The summed E-state index contributed by atoms with van der Waals surface area (Å²) in [7, 11) is 0. The predicted octanol–water partition coefficient (Wildman–Crippen LogP) is 1.16. The van der Waals surface area contributed by atoms with E-state index in [1.54, 1.807) is 25.1 Å². The van der Waals surface area contributed by atoms with Gasteiger partial charge in [-0.2, -0.15) is 0 Å². The van der Waals surface area contributed by atoms with Gasteiger partial charge in [0.1, 0.15) is 0 Å². The second kappa shape index (κ2) is 5.73. The van der Waals surface area contributed by atoms with Gasteiger partial charge in [-0.25, -0.2) is 0 Å². The molecule has 0 bridgehead atoms. The molecule has 2 amide bonds. The van der Waals surface area contributed by atoms with E-state index in [1.165, 1.54) is 0 Å². The maximum absolute atomic E-state index is 12.0. The minimum Gasteiger partial charge on any atom is -0.481 e. The van der Waals surface area contributed by atoms with Gasteiger partial charge in [0.15, 0.2) is 0 Å². The Bertz CT molecular complexity index is 568. The lowest BCUT2D eigenvalue weighted by Crippen LogP contribution is -2.32. The van der Waals surface area contributed by atoms with E-state index < -0.39 is 5.97 Å². The van der Waals surface area contributed by atoms with E-state index in [1.807, 2.05) is 0 Å². The molecule has 6 nitrogen and oxygen atoms in total. The molecule has 20 heavy (non-hydrogen) atoms. The van der Waals surface area contributed by atoms with Crippen molar-refractivity contribution in [3.8, 4) is 0 Å². The Morgan fingerprint density at radius 3 is 2.90 bits per heavy atom. The van der Waals surface area contributed by atoms with Gasteiger partial charge in [0.05, 0.1) is 6.42 Å². The summed E-state index contributed by atoms with van der Waals surface area (Å²) in [6, 6.07) is 4.84. The molecule has 0 aliphatic carbocycles. The number of hydrogen-bond acceptors (Lipinski definition) is 3. The molecule has 1 unspecified atom stereocenters. The van der Waals surface area contributed by atoms with Crippen LogP contribution in [0.5, 0.6) is 0 Å². The lowest BCUT2D eigenvalue weighted by Gasteiger charge is -2.13. The quantitative estimate of drug-likeness (QED) is 0.752. The Balaban J connectivity index is 1.98. The number of fused-ring (bicyclic) bond motifs is 1. The highest BCUT2D eigenvalue weighted by Crippen LogP contribution is 2.24. The molecule has 1 aliphatic rings. The number of carboxylic acid groups (broad SMARTS) is 1. The molecule has 1 atom stereocenters. The molecule has 3 N–H and O–H groups in total. The molecule has 106 valence electrons. The molecule has 0 radical (unpaired) electrons. The van der Waals surface area contributed by atoms with Crippen molar-refractivity contribution in [3.63, 3.8) is 0 Å². The lowest BCUT2D eigenvalue weighted by atomic mass is 10.1. The highest BCUT2D eigenvalue weighted by atomic mass is 16.4. The minimum atomic E-state index is -0.883. The summed E-state index contributed by atoms with van der Waals surface area (Å²) in [6.07, 6.45) is 0.733. The fourth-order valence-corrected chi connectivity index (χ4v) is 2.07. The van der Waals surface area contributed by atoms with Gasteiger partial charge in [0, 0.05) is 23.7 Å². The Hall–Kier alpha value is -2.37. The van der Waals surface area contributed by atoms with E-state index in [2.05, 4.69) is 10.6 Å². The highest BCUT2D eigenvalue weighted by molar-refractivity contribution is 6.02. The maximum atomic E-state index is 12.0. The van der Waals surface area contributed by atoms with Crippen LogP contribution in [-0.4, -0.2) is 28.9 Å². The second-order valence-electron chi connectivity index (χ2n) is 4.90. The summed E-state index contributed by atoms with van der Waals surface area (Å²) in [5.74, 6) is -1.23. The van der Waals surface area contributed by atoms with Crippen molar-refractivity contribution in [1.29, 1.82) is 0 Å². The zero-order chi connectivity index (χ0) is 14.7. The monoisotopic (exact) mass is 276 g/mol. The second-order valence-corrected chi connectivity index (χ2v) is 4.90. The first-order valence-electron chi connectivity index (χ1n) is 6.41. The first kappa shape index (κ1) is 14.0. The molecule has 0 spiro atoms. The molecule has 1 aliphatic heterocycles. The summed E-state index contributed by atoms with van der Waals surface area (Å²) < 4.78 is 0. The summed E-state index contributed by atoms with van der Waals surface area (Å²) in [5, 5.41) is 14.0. The number of benzene rings is 1. The predicted molar refractivity (Wildman–Crippen MR) is 72.6 cm³/mol. The lowest BCUT2D eigenvalue weighted by molar-refractivity contribution is -0.137. The van der Waals surface area contributed by atoms with Crippen molar-refractivity contribution in [2.24, 2.45) is 0 Å². The van der Waals surface area contributed by atoms with Crippen LogP contribution in [-0.2, 0) is 16.0 Å². The molecule has 1 aromatic rings. The Morgan fingerprint density at radius 2 is 2.20 bits per heavy atom. The highest BCUT2D eigenvalue weighted by Gasteiger charge is 2.19. The number of anilines is 1. The van der Waals surface area contributed by atoms with Crippen LogP contribution >= 0.6 is 0 Å². The van der Waals surface area contributed by atoms with Gasteiger partial charge in [0.25, 0.3) is 5.91 Å². The van der Waals surface area contributed by atoms with Crippen LogP contribution in [0.15, 0.2) is 18.2 Å². The molecule has 0 saturated carbocycles. The molecule has 2 rings (SSSR count). The molecule has 0 saturated heterocycles. The van der Waals surface area contributed by atoms with Crippen LogP contribution in [0.4, 0.5) is 5.69 Å². The van der Waals surface area contributed by atoms with Gasteiger partial charge in [-0.15, -0.1) is 0 Å². The van der Waals surface area contributed by atoms with E-state index in [-0.39, 0.29) is 24.3 Å². The number of amides is 2. The Kier molecular flexibility index (Phi) is 4.02. The molecule has 1 heterocycles. The fourth-order valence-electron chi connectivity index (χ4n) is 2.07. The maximum Gasteiger partial charge on any atom is 0.303 e. The number of carbonyl (C=O) groups is 3. The van der Waals surface area contributed by atoms with E-state index in [0.29, 0.717) is 24.1 Å². The summed E-state index contributed by atoms with van der Waals surface area (Å²) >= 11 is 0. The summed E-state index contributed by atoms with van der Waals surface area (Å²) in [6.45, 7) is 1.76. The molecule has 0 fully saturated rings. The first-order chi connectivity index (χ1) is 9.45. The number of carbonyl (C=O) groups excluding carboxylic acids is 2. The van der Waals surface area contributed by atoms with E-state index in [4.69, 9.17) is 5.11 Å². The van der Waals surface area contributed by atoms with Crippen LogP contribution in [0.3, 0.4) is 0 Å². The van der Waals surface area contributed by atoms with Gasteiger partial charge in [0.2, 0.25) is 5.91 Å². The standard InChI is InChI=1S/C14H16N2O4/c1-8(2-5-13(18)19)15-14(20)10-4-3-9-7-12(17)16-11(9)6-10/h3-4,6,8H,2,5,7H2,1H3,(H,15,20)(H,16,17)(H,18,19). The van der Waals surface area contributed by atoms with Crippen molar-refractivity contribution in [1.82, 2.24) is 5.32 Å². The molecular formula is C14H16N2O4. The zero-order valence-electron chi connectivity index (χ0n) is 11.1. The minimum absolute atomic E-state index is 0.0156. The van der Waals surface area contributed by atoms with Crippen LogP contribution in [0.1, 0.15) is 35.7 Å². The fraction of sp³-hybridized carbons (Fsp3) is 0.357. The SMILES string of the molecule is CC(CCC(=O)O)NC(=O)c1ccc2c(c1)NC(=O)C2. The largest absolute Gasteiger partial charge is 0.481 e. The number of carboxylic acids is 1. The normalized spacial score (nSPS) is 14.3. The van der Waals surface area contributed by atoms with Crippen molar-refractivity contribution >= 4 is 23.5 Å². The molecular weight excluding hydrogens is 260 g/mol. The number of aliphatic carboxylic acids is 1. The van der Waals surface area contributed by atoms with Crippen molar-refractivity contribution in [2.45, 2.75) is 32.2 Å². The van der Waals surface area contributed by atoms with Crippen LogP contribution in [0.25, 0.3) is 0 Å². The van der Waals surface area contributed by atoms with Gasteiger partial charge in [-0.1, -0.05) is 6.07 Å².